The Morgan fingerprint density at radius 3 is 2.95 bits per heavy atom. The standard InChI is InChI=1S/C16H22N2O/c19-16(9-12-3-1-2-4-12)18-15-6-5-13-7-8-17-11-14(13)10-15/h5-6,10,12,17H,1-4,7-9,11H2,(H,18,19). The minimum Gasteiger partial charge on any atom is -0.326 e. The number of hydrogen-bond donors (Lipinski definition) is 2. The van der Waals surface area contributed by atoms with Gasteiger partial charge in [-0.2, -0.15) is 0 Å². The molecule has 1 saturated carbocycles. The smallest absolute Gasteiger partial charge is 0.224 e. The third-order valence-electron chi connectivity index (χ3n) is 4.33. The molecule has 0 spiro atoms. The molecule has 0 saturated heterocycles. The molecule has 0 unspecified atom stereocenters. The van der Waals surface area contributed by atoms with Gasteiger partial charge in [-0.3, -0.25) is 4.79 Å². The molecular formula is C16H22N2O. The van der Waals surface area contributed by atoms with Crippen molar-refractivity contribution in [3.63, 3.8) is 0 Å². The Hall–Kier alpha value is -1.35. The van der Waals surface area contributed by atoms with E-state index in [9.17, 15) is 4.79 Å². The molecule has 1 aromatic rings. The van der Waals surface area contributed by atoms with Gasteiger partial charge < -0.3 is 10.6 Å². The average molecular weight is 258 g/mol. The van der Waals surface area contributed by atoms with Gasteiger partial charge in [-0.25, -0.2) is 0 Å². The Kier molecular flexibility index (Phi) is 3.83. The summed E-state index contributed by atoms with van der Waals surface area (Å²) in [4.78, 5) is 12.0. The van der Waals surface area contributed by atoms with E-state index < -0.39 is 0 Å². The van der Waals surface area contributed by atoms with Crippen LogP contribution in [0.1, 0.15) is 43.2 Å². The lowest BCUT2D eigenvalue weighted by Gasteiger charge is -2.18. The number of rotatable bonds is 3. The Labute approximate surface area is 114 Å². The Morgan fingerprint density at radius 2 is 2.11 bits per heavy atom. The fourth-order valence-corrected chi connectivity index (χ4v) is 3.25. The Bertz CT molecular complexity index is 464. The number of amides is 1. The molecule has 0 bridgehead atoms. The van der Waals surface area contributed by atoms with Crippen molar-refractivity contribution in [2.75, 3.05) is 11.9 Å². The highest BCUT2D eigenvalue weighted by Crippen LogP contribution is 2.28. The summed E-state index contributed by atoms with van der Waals surface area (Å²) >= 11 is 0. The van der Waals surface area contributed by atoms with Gasteiger partial charge in [0.2, 0.25) is 5.91 Å². The topological polar surface area (TPSA) is 41.1 Å². The van der Waals surface area contributed by atoms with Crippen LogP contribution in [0.4, 0.5) is 5.69 Å². The lowest BCUT2D eigenvalue weighted by atomic mass is 10.00. The molecule has 3 heteroatoms. The van der Waals surface area contributed by atoms with E-state index in [-0.39, 0.29) is 5.91 Å². The van der Waals surface area contributed by atoms with E-state index >= 15 is 0 Å². The van der Waals surface area contributed by atoms with Crippen molar-refractivity contribution in [3.8, 4) is 0 Å². The third kappa shape index (κ3) is 3.16. The molecular weight excluding hydrogens is 236 g/mol. The summed E-state index contributed by atoms with van der Waals surface area (Å²) in [5, 5.41) is 6.42. The van der Waals surface area contributed by atoms with E-state index in [1.807, 2.05) is 6.07 Å². The van der Waals surface area contributed by atoms with Gasteiger partial charge >= 0.3 is 0 Å². The van der Waals surface area contributed by atoms with Crippen LogP contribution in [0.25, 0.3) is 0 Å². The first-order valence-corrected chi connectivity index (χ1v) is 7.43. The van der Waals surface area contributed by atoms with Crippen molar-refractivity contribution in [1.29, 1.82) is 0 Å². The molecule has 1 aliphatic carbocycles. The van der Waals surface area contributed by atoms with Crippen LogP contribution in [0.15, 0.2) is 18.2 Å². The molecule has 0 radical (unpaired) electrons. The number of carbonyl (C=O) groups excluding carboxylic acids is 1. The Balaban J connectivity index is 1.61. The first kappa shape index (κ1) is 12.7. The zero-order valence-electron chi connectivity index (χ0n) is 11.4. The van der Waals surface area contributed by atoms with Crippen molar-refractivity contribution in [2.24, 2.45) is 5.92 Å². The van der Waals surface area contributed by atoms with Crippen molar-refractivity contribution in [1.82, 2.24) is 5.32 Å². The van der Waals surface area contributed by atoms with Gasteiger partial charge in [0, 0.05) is 18.7 Å². The third-order valence-corrected chi connectivity index (χ3v) is 4.33. The summed E-state index contributed by atoms with van der Waals surface area (Å²) in [5.41, 5.74) is 3.68. The maximum absolute atomic E-state index is 12.0. The molecule has 1 amide bonds. The van der Waals surface area contributed by atoms with Crippen LogP contribution in [0.2, 0.25) is 0 Å². The van der Waals surface area contributed by atoms with Gasteiger partial charge in [0.05, 0.1) is 0 Å². The molecule has 2 aliphatic rings. The second-order valence-corrected chi connectivity index (χ2v) is 5.81. The highest BCUT2D eigenvalue weighted by atomic mass is 16.1. The molecule has 19 heavy (non-hydrogen) atoms. The first-order valence-electron chi connectivity index (χ1n) is 7.43. The summed E-state index contributed by atoms with van der Waals surface area (Å²) < 4.78 is 0. The quantitative estimate of drug-likeness (QED) is 0.875. The molecule has 102 valence electrons. The van der Waals surface area contributed by atoms with E-state index in [0.717, 1.165) is 25.2 Å². The Morgan fingerprint density at radius 1 is 1.26 bits per heavy atom. The van der Waals surface area contributed by atoms with Crippen LogP contribution in [-0.2, 0) is 17.8 Å². The lowest BCUT2D eigenvalue weighted by Crippen LogP contribution is -2.24. The maximum atomic E-state index is 12.0. The summed E-state index contributed by atoms with van der Waals surface area (Å²) in [6, 6.07) is 6.31. The molecule has 1 heterocycles. The molecule has 1 aromatic carbocycles. The summed E-state index contributed by atoms with van der Waals surface area (Å²) in [6.07, 6.45) is 6.81. The normalized spacial score (nSPS) is 19.2. The van der Waals surface area contributed by atoms with Crippen LogP contribution in [0.3, 0.4) is 0 Å². The van der Waals surface area contributed by atoms with Gasteiger partial charge in [-0.15, -0.1) is 0 Å². The van der Waals surface area contributed by atoms with Gasteiger partial charge in [0.1, 0.15) is 0 Å². The fourth-order valence-electron chi connectivity index (χ4n) is 3.25. The largest absolute Gasteiger partial charge is 0.326 e. The number of hydrogen-bond acceptors (Lipinski definition) is 2. The maximum Gasteiger partial charge on any atom is 0.224 e. The van der Waals surface area contributed by atoms with Crippen molar-refractivity contribution < 1.29 is 4.79 Å². The van der Waals surface area contributed by atoms with E-state index in [1.165, 1.54) is 36.8 Å². The van der Waals surface area contributed by atoms with Crippen molar-refractivity contribution in [2.45, 2.75) is 45.1 Å². The zero-order valence-corrected chi connectivity index (χ0v) is 11.4. The molecule has 1 fully saturated rings. The molecule has 1 aliphatic heterocycles. The minimum atomic E-state index is 0.176. The van der Waals surface area contributed by atoms with Crippen LogP contribution in [-0.4, -0.2) is 12.5 Å². The van der Waals surface area contributed by atoms with Gasteiger partial charge in [-0.05, 0) is 55.0 Å². The summed E-state index contributed by atoms with van der Waals surface area (Å²) in [6.45, 7) is 1.97. The van der Waals surface area contributed by atoms with Crippen LogP contribution >= 0.6 is 0 Å². The number of anilines is 1. The highest BCUT2D eigenvalue weighted by Gasteiger charge is 2.18. The minimum absolute atomic E-state index is 0.176. The average Bonchev–Trinajstić information content (AvgIpc) is 2.91. The summed E-state index contributed by atoms with van der Waals surface area (Å²) in [7, 11) is 0. The second kappa shape index (κ2) is 5.74. The second-order valence-electron chi connectivity index (χ2n) is 5.81. The number of nitrogens with one attached hydrogen (secondary N) is 2. The molecule has 2 N–H and O–H groups in total. The number of fused-ring (bicyclic) bond motifs is 1. The molecule has 0 atom stereocenters. The zero-order chi connectivity index (χ0) is 13.1. The highest BCUT2D eigenvalue weighted by molar-refractivity contribution is 5.91. The molecule has 0 aromatic heterocycles. The van der Waals surface area contributed by atoms with E-state index in [0.29, 0.717) is 12.3 Å². The molecule has 3 rings (SSSR count). The van der Waals surface area contributed by atoms with Gasteiger partial charge in [-0.1, -0.05) is 18.9 Å². The number of carbonyl (C=O) groups is 1. The van der Waals surface area contributed by atoms with Crippen molar-refractivity contribution in [3.05, 3.63) is 29.3 Å². The van der Waals surface area contributed by atoms with Crippen molar-refractivity contribution >= 4 is 11.6 Å². The fraction of sp³-hybridized carbons (Fsp3) is 0.562. The van der Waals surface area contributed by atoms with Crippen LogP contribution < -0.4 is 10.6 Å². The SMILES string of the molecule is O=C(CC1CCCC1)Nc1ccc2c(c1)CNCC2. The van der Waals surface area contributed by atoms with Crippen LogP contribution in [0.5, 0.6) is 0 Å². The van der Waals surface area contributed by atoms with Gasteiger partial charge in [0.25, 0.3) is 0 Å². The summed E-state index contributed by atoms with van der Waals surface area (Å²) in [5.74, 6) is 0.787. The van der Waals surface area contributed by atoms with Crippen LogP contribution in [0, 0.1) is 5.92 Å². The first-order chi connectivity index (χ1) is 9.31. The van der Waals surface area contributed by atoms with E-state index in [2.05, 4.69) is 22.8 Å². The predicted octanol–water partition coefficient (Wildman–Crippen LogP) is 2.85. The predicted molar refractivity (Wildman–Crippen MR) is 77.1 cm³/mol. The monoisotopic (exact) mass is 258 g/mol. The number of benzene rings is 1. The van der Waals surface area contributed by atoms with E-state index in [1.54, 1.807) is 0 Å². The lowest BCUT2D eigenvalue weighted by molar-refractivity contribution is -0.117. The van der Waals surface area contributed by atoms with E-state index in [4.69, 9.17) is 0 Å². The molecule has 3 nitrogen and oxygen atoms in total. The van der Waals surface area contributed by atoms with Gasteiger partial charge in [0.15, 0.2) is 0 Å².